The molecule has 1 aromatic heterocycles. The summed E-state index contributed by atoms with van der Waals surface area (Å²) < 4.78 is 10.6. The second-order valence-electron chi connectivity index (χ2n) is 5.63. The van der Waals surface area contributed by atoms with Crippen LogP contribution in [0.5, 0.6) is 0 Å². The average molecular weight is 351 g/mol. The van der Waals surface area contributed by atoms with Gasteiger partial charge in [-0.15, -0.1) is 0 Å². The van der Waals surface area contributed by atoms with Crippen molar-refractivity contribution in [2.75, 3.05) is 25.1 Å². The number of esters is 1. The van der Waals surface area contributed by atoms with Crippen LogP contribution in [0.2, 0.25) is 5.02 Å². The second-order valence-corrected chi connectivity index (χ2v) is 6.07. The van der Waals surface area contributed by atoms with Crippen molar-refractivity contribution in [3.8, 4) is 0 Å². The largest absolute Gasteiger partial charge is 0.462 e. The lowest BCUT2D eigenvalue weighted by Crippen LogP contribution is -2.26. The molecule has 2 aromatic rings. The summed E-state index contributed by atoms with van der Waals surface area (Å²) >= 11 is 6.00. The Hall–Kier alpha value is -2.05. The Morgan fingerprint density at radius 1 is 1.50 bits per heavy atom. The highest BCUT2D eigenvalue weighted by Gasteiger charge is 2.22. The van der Waals surface area contributed by atoms with Crippen molar-refractivity contribution in [2.24, 2.45) is 0 Å². The van der Waals surface area contributed by atoms with Crippen LogP contribution in [0.3, 0.4) is 0 Å². The molecule has 0 spiro atoms. The Labute approximate surface area is 144 Å². The monoisotopic (exact) mass is 350 g/mol. The number of H-pyrrole nitrogens is 1. The van der Waals surface area contributed by atoms with Gasteiger partial charge in [0.15, 0.2) is 0 Å². The van der Waals surface area contributed by atoms with Gasteiger partial charge in [0, 0.05) is 23.6 Å². The molecule has 0 radical (unpaired) electrons. The van der Waals surface area contributed by atoms with Gasteiger partial charge in [0.2, 0.25) is 0 Å². The van der Waals surface area contributed by atoms with E-state index in [9.17, 15) is 9.59 Å². The summed E-state index contributed by atoms with van der Waals surface area (Å²) in [5.74, 6) is -0.648. The van der Waals surface area contributed by atoms with Crippen molar-refractivity contribution in [1.29, 1.82) is 0 Å². The first-order valence-electron chi connectivity index (χ1n) is 7.98. The van der Waals surface area contributed by atoms with Crippen molar-refractivity contribution >= 4 is 34.2 Å². The molecule has 1 aliphatic rings. The number of rotatable bonds is 5. The molecule has 0 saturated carbocycles. The number of aromatic amines is 1. The number of benzene rings is 1. The molecule has 7 heteroatoms. The lowest BCUT2D eigenvalue weighted by atomic mass is 10.1. The third kappa shape index (κ3) is 3.39. The number of hydrogen-bond donors (Lipinski definition) is 2. The molecule has 128 valence electrons. The first-order chi connectivity index (χ1) is 11.6. The molecule has 0 unspecified atom stereocenters. The minimum Gasteiger partial charge on any atom is -0.462 e. The molecule has 1 aliphatic heterocycles. The van der Waals surface area contributed by atoms with E-state index in [0.717, 1.165) is 19.4 Å². The summed E-state index contributed by atoms with van der Waals surface area (Å²) in [6.07, 6.45) is 2.04. The van der Waals surface area contributed by atoms with Gasteiger partial charge in [0.1, 0.15) is 5.56 Å². The van der Waals surface area contributed by atoms with Gasteiger partial charge >= 0.3 is 5.97 Å². The van der Waals surface area contributed by atoms with Crippen LogP contribution in [0.1, 0.15) is 30.1 Å². The number of fused-ring (bicyclic) bond motifs is 1. The highest BCUT2D eigenvalue weighted by molar-refractivity contribution is 6.31. The fraction of sp³-hybridized carbons (Fsp3) is 0.412. The van der Waals surface area contributed by atoms with Crippen molar-refractivity contribution in [1.82, 2.24) is 4.98 Å². The Balaban J connectivity index is 2.07. The maximum absolute atomic E-state index is 12.4. The van der Waals surface area contributed by atoms with Gasteiger partial charge in [-0.05, 0) is 38.0 Å². The van der Waals surface area contributed by atoms with Crippen LogP contribution in [0.15, 0.2) is 23.0 Å². The van der Waals surface area contributed by atoms with E-state index in [0.29, 0.717) is 28.2 Å². The summed E-state index contributed by atoms with van der Waals surface area (Å²) in [4.78, 5) is 27.4. The van der Waals surface area contributed by atoms with Crippen molar-refractivity contribution in [3.05, 3.63) is 39.1 Å². The average Bonchev–Trinajstić information content (AvgIpc) is 3.05. The molecule has 1 saturated heterocycles. The van der Waals surface area contributed by atoms with Gasteiger partial charge in [-0.3, -0.25) is 4.79 Å². The molecule has 24 heavy (non-hydrogen) atoms. The Kier molecular flexibility index (Phi) is 5.06. The Morgan fingerprint density at radius 2 is 2.33 bits per heavy atom. The third-order valence-corrected chi connectivity index (χ3v) is 4.22. The van der Waals surface area contributed by atoms with Crippen LogP contribution in [0.25, 0.3) is 10.9 Å². The number of carbonyl (C=O) groups excluding carboxylic acids is 1. The lowest BCUT2D eigenvalue weighted by Gasteiger charge is -2.16. The van der Waals surface area contributed by atoms with E-state index in [-0.39, 0.29) is 18.3 Å². The summed E-state index contributed by atoms with van der Waals surface area (Å²) in [5, 5.41) is 4.42. The maximum Gasteiger partial charge on any atom is 0.345 e. The fourth-order valence-corrected chi connectivity index (χ4v) is 3.05. The third-order valence-electron chi connectivity index (χ3n) is 3.99. The quantitative estimate of drug-likeness (QED) is 0.810. The van der Waals surface area contributed by atoms with E-state index in [4.69, 9.17) is 21.1 Å². The molecular weight excluding hydrogens is 332 g/mol. The molecule has 0 aliphatic carbocycles. The topological polar surface area (TPSA) is 80.4 Å². The van der Waals surface area contributed by atoms with Crippen LogP contribution in [-0.4, -0.2) is 36.8 Å². The predicted octanol–water partition coefficient (Wildman–Crippen LogP) is 2.95. The van der Waals surface area contributed by atoms with Crippen molar-refractivity contribution < 1.29 is 14.3 Å². The smallest absolute Gasteiger partial charge is 0.345 e. The first-order valence-corrected chi connectivity index (χ1v) is 8.36. The lowest BCUT2D eigenvalue weighted by molar-refractivity contribution is 0.0525. The Morgan fingerprint density at radius 3 is 3.04 bits per heavy atom. The normalized spacial score (nSPS) is 17.2. The van der Waals surface area contributed by atoms with Crippen LogP contribution >= 0.6 is 11.6 Å². The number of pyridine rings is 1. The molecule has 1 atom stereocenters. The zero-order chi connectivity index (χ0) is 17.1. The van der Waals surface area contributed by atoms with Crippen LogP contribution in [0.4, 0.5) is 5.69 Å². The molecular formula is C17H19ClN2O4. The molecule has 1 fully saturated rings. The van der Waals surface area contributed by atoms with E-state index < -0.39 is 11.5 Å². The van der Waals surface area contributed by atoms with E-state index >= 15 is 0 Å². The van der Waals surface area contributed by atoms with Crippen LogP contribution in [0, 0.1) is 0 Å². The molecule has 0 bridgehead atoms. The highest BCUT2D eigenvalue weighted by atomic mass is 35.5. The first kappa shape index (κ1) is 16.8. The van der Waals surface area contributed by atoms with E-state index in [1.165, 1.54) is 0 Å². The predicted molar refractivity (Wildman–Crippen MR) is 93.0 cm³/mol. The number of nitrogens with one attached hydrogen (secondary N) is 2. The molecule has 1 aromatic carbocycles. The van der Waals surface area contributed by atoms with Crippen molar-refractivity contribution in [2.45, 2.75) is 25.9 Å². The zero-order valence-corrected chi connectivity index (χ0v) is 14.1. The number of aromatic nitrogens is 1. The summed E-state index contributed by atoms with van der Waals surface area (Å²) in [6, 6.07) is 5.15. The molecule has 6 nitrogen and oxygen atoms in total. The number of anilines is 1. The molecule has 2 N–H and O–H groups in total. The van der Waals surface area contributed by atoms with E-state index in [1.54, 1.807) is 25.1 Å². The standard InChI is InChI=1S/C17H19ClN2O4/c1-2-23-17(22)14-15(19-9-11-4-3-7-24-11)12-6-5-10(18)8-13(12)20-16(14)21/h5-6,8,11H,2-4,7,9H2,1H3,(H2,19,20,21)/t11-/m0/s1. The molecule has 3 rings (SSSR count). The number of ether oxygens (including phenoxy) is 2. The molecule has 0 amide bonds. The molecule has 2 heterocycles. The number of halogens is 1. The number of carbonyl (C=O) groups is 1. The van der Waals surface area contributed by atoms with Gasteiger partial charge in [-0.2, -0.15) is 0 Å². The van der Waals surface area contributed by atoms with Gasteiger partial charge in [0.05, 0.1) is 23.9 Å². The minimum absolute atomic E-state index is 0.0235. The van der Waals surface area contributed by atoms with Crippen molar-refractivity contribution in [3.63, 3.8) is 0 Å². The fourth-order valence-electron chi connectivity index (χ4n) is 2.87. The zero-order valence-electron chi connectivity index (χ0n) is 13.4. The SMILES string of the molecule is CCOC(=O)c1c(NC[C@@H]2CCCO2)c2ccc(Cl)cc2[nH]c1=O. The van der Waals surface area contributed by atoms with Crippen LogP contribution < -0.4 is 10.9 Å². The minimum atomic E-state index is -0.648. The van der Waals surface area contributed by atoms with E-state index in [1.807, 2.05) is 0 Å². The summed E-state index contributed by atoms with van der Waals surface area (Å²) in [6.45, 7) is 3.16. The number of hydrogen-bond acceptors (Lipinski definition) is 5. The van der Waals surface area contributed by atoms with Gasteiger partial charge in [-0.25, -0.2) is 4.79 Å². The van der Waals surface area contributed by atoms with Gasteiger partial charge < -0.3 is 19.8 Å². The summed E-state index contributed by atoms with van der Waals surface area (Å²) in [7, 11) is 0. The summed E-state index contributed by atoms with van der Waals surface area (Å²) in [5.41, 5.74) is 0.498. The van der Waals surface area contributed by atoms with Crippen LogP contribution in [-0.2, 0) is 9.47 Å². The van der Waals surface area contributed by atoms with Gasteiger partial charge in [-0.1, -0.05) is 11.6 Å². The van der Waals surface area contributed by atoms with E-state index in [2.05, 4.69) is 10.3 Å². The highest BCUT2D eigenvalue weighted by Crippen LogP contribution is 2.27. The maximum atomic E-state index is 12.4. The van der Waals surface area contributed by atoms with Gasteiger partial charge in [0.25, 0.3) is 5.56 Å². The second kappa shape index (κ2) is 7.23. The Bertz CT molecular complexity index is 812.